The van der Waals surface area contributed by atoms with Gasteiger partial charge in [0.2, 0.25) is 0 Å². The summed E-state index contributed by atoms with van der Waals surface area (Å²) in [6.45, 7) is 6.03. The Hall–Kier alpha value is -1.19. The third kappa shape index (κ3) is 1.24. The van der Waals surface area contributed by atoms with Gasteiger partial charge in [0, 0.05) is 0 Å². The summed E-state index contributed by atoms with van der Waals surface area (Å²) >= 11 is 0. The van der Waals surface area contributed by atoms with Gasteiger partial charge >= 0.3 is 0 Å². The third-order valence-corrected chi connectivity index (χ3v) is 2.18. The number of nitrogens with zero attached hydrogens (tertiary/aromatic N) is 2. The molecular formula is C8H16N4. The molecule has 1 rings (SSSR count). The molecule has 0 saturated heterocycles. The van der Waals surface area contributed by atoms with Crippen molar-refractivity contribution in [2.24, 2.45) is 0 Å². The van der Waals surface area contributed by atoms with Gasteiger partial charge in [-0.15, -0.1) is 0 Å². The van der Waals surface area contributed by atoms with E-state index in [0.29, 0.717) is 17.5 Å². The summed E-state index contributed by atoms with van der Waals surface area (Å²) < 4.78 is 1.78. The van der Waals surface area contributed by atoms with Crippen molar-refractivity contribution in [3.8, 4) is 0 Å². The lowest BCUT2D eigenvalue weighted by molar-refractivity contribution is 0.482. The highest BCUT2D eigenvalue weighted by Crippen LogP contribution is 2.23. The average Bonchev–Trinajstić information content (AvgIpc) is 2.32. The maximum absolute atomic E-state index is 5.76. The van der Waals surface area contributed by atoms with E-state index < -0.39 is 0 Å². The molecule has 1 heterocycles. The van der Waals surface area contributed by atoms with Gasteiger partial charge in [0.15, 0.2) is 0 Å². The smallest absolute Gasteiger partial charge is 0.145 e. The first-order valence-electron chi connectivity index (χ1n) is 4.18. The molecule has 12 heavy (non-hydrogen) atoms. The average molecular weight is 168 g/mol. The van der Waals surface area contributed by atoms with Gasteiger partial charge in [-0.25, -0.2) is 4.68 Å². The second-order valence-corrected chi connectivity index (χ2v) is 3.09. The Morgan fingerprint density at radius 3 is 2.42 bits per heavy atom. The fraction of sp³-hybridized carbons (Fsp3) is 0.625. The minimum absolute atomic E-state index is 0.320. The minimum Gasteiger partial charge on any atom is -0.394 e. The SMILES string of the molecule is CCC(C)n1nc(C)c(N)c1N. The molecule has 68 valence electrons. The Kier molecular flexibility index (Phi) is 2.26. The lowest BCUT2D eigenvalue weighted by atomic mass is 10.3. The summed E-state index contributed by atoms with van der Waals surface area (Å²) in [6, 6.07) is 0.320. The topological polar surface area (TPSA) is 69.9 Å². The predicted molar refractivity (Wildman–Crippen MR) is 50.8 cm³/mol. The van der Waals surface area contributed by atoms with E-state index in [-0.39, 0.29) is 0 Å². The number of aromatic nitrogens is 2. The van der Waals surface area contributed by atoms with E-state index in [0.717, 1.165) is 12.1 Å². The summed E-state index contributed by atoms with van der Waals surface area (Å²) in [5, 5.41) is 4.25. The van der Waals surface area contributed by atoms with Crippen molar-refractivity contribution >= 4 is 11.5 Å². The molecule has 1 unspecified atom stereocenters. The van der Waals surface area contributed by atoms with E-state index in [4.69, 9.17) is 11.5 Å². The van der Waals surface area contributed by atoms with E-state index in [1.807, 2.05) is 6.92 Å². The van der Waals surface area contributed by atoms with Crippen molar-refractivity contribution in [3.05, 3.63) is 5.69 Å². The highest BCUT2D eigenvalue weighted by Gasteiger charge is 2.12. The van der Waals surface area contributed by atoms with Crippen LogP contribution in [0.3, 0.4) is 0 Å². The van der Waals surface area contributed by atoms with E-state index in [9.17, 15) is 0 Å². The number of anilines is 2. The van der Waals surface area contributed by atoms with Gasteiger partial charge in [0.05, 0.1) is 17.4 Å². The third-order valence-electron chi connectivity index (χ3n) is 2.18. The van der Waals surface area contributed by atoms with Gasteiger partial charge in [-0.1, -0.05) is 6.92 Å². The number of aryl methyl sites for hydroxylation is 1. The standard InChI is InChI=1S/C8H16N4/c1-4-5(2)12-8(10)7(9)6(3)11-12/h5H,4,9-10H2,1-3H3. The highest BCUT2D eigenvalue weighted by molar-refractivity contribution is 5.61. The van der Waals surface area contributed by atoms with Crippen LogP contribution in [0.15, 0.2) is 0 Å². The zero-order chi connectivity index (χ0) is 9.30. The van der Waals surface area contributed by atoms with Gasteiger partial charge in [0.1, 0.15) is 5.82 Å². The molecule has 0 aliphatic carbocycles. The molecule has 0 saturated carbocycles. The fourth-order valence-electron chi connectivity index (χ4n) is 1.09. The number of nitrogen functional groups attached to an aromatic ring is 2. The van der Waals surface area contributed by atoms with Crippen molar-refractivity contribution in [2.45, 2.75) is 33.2 Å². The van der Waals surface area contributed by atoms with Gasteiger partial charge < -0.3 is 11.5 Å². The van der Waals surface area contributed by atoms with Crippen LogP contribution in [0.25, 0.3) is 0 Å². The Bertz CT molecular complexity index is 277. The number of hydrogen-bond acceptors (Lipinski definition) is 3. The summed E-state index contributed by atoms with van der Waals surface area (Å²) in [5.41, 5.74) is 12.9. The first-order valence-corrected chi connectivity index (χ1v) is 4.18. The van der Waals surface area contributed by atoms with Gasteiger partial charge in [-0.05, 0) is 20.3 Å². The second-order valence-electron chi connectivity index (χ2n) is 3.09. The molecule has 0 aliphatic heterocycles. The Balaban J connectivity index is 3.08. The first-order chi connectivity index (χ1) is 5.57. The van der Waals surface area contributed by atoms with Crippen LogP contribution in [0.4, 0.5) is 11.5 Å². The van der Waals surface area contributed by atoms with Crippen molar-refractivity contribution < 1.29 is 0 Å². The molecule has 4 nitrogen and oxygen atoms in total. The van der Waals surface area contributed by atoms with Crippen molar-refractivity contribution in [1.82, 2.24) is 9.78 Å². The Morgan fingerprint density at radius 2 is 2.08 bits per heavy atom. The fourth-order valence-corrected chi connectivity index (χ4v) is 1.09. The highest BCUT2D eigenvalue weighted by atomic mass is 15.3. The Morgan fingerprint density at radius 1 is 1.50 bits per heavy atom. The summed E-state index contributed by atoms with van der Waals surface area (Å²) in [6.07, 6.45) is 1.00. The van der Waals surface area contributed by atoms with Crippen molar-refractivity contribution in [1.29, 1.82) is 0 Å². The van der Waals surface area contributed by atoms with Gasteiger partial charge in [0.25, 0.3) is 0 Å². The zero-order valence-corrected chi connectivity index (χ0v) is 7.83. The van der Waals surface area contributed by atoms with E-state index in [2.05, 4.69) is 18.9 Å². The van der Waals surface area contributed by atoms with E-state index >= 15 is 0 Å². The van der Waals surface area contributed by atoms with Crippen molar-refractivity contribution in [2.75, 3.05) is 11.5 Å². The molecule has 0 bridgehead atoms. The van der Waals surface area contributed by atoms with Crippen LogP contribution < -0.4 is 11.5 Å². The largest absolute Gasteiger partial charge is 0.394 e. The Labute approximate surface area is 72.5 Å². The minimum atomic E-state index is 0.320. The molecule has 0 aromatic carbocycles. The maximum Gasteiger partial charge on any atom is 0.145 e. The van der Waals surface area contributed by atoms with Crippen LogP contribution in [0.5, 0.6) is 0 Å². The molecule has 0 spiro atoms. The zero-order valence-electron chi connectivity index (χ0n) is 7.83. The van der Waals surface area contributed by atoms with E-state index in [1.54, 1.807) is 4.68 Å². The van der Waals surface area contributed by atoms with Gasteiger partial charge in [-0.3, -0.25) is 0 Å². The molecule has 0 amide bonds. The van der Waals surface area contributed by atoms with Crippen LogP contribution in [0.2, 0.25) is 0 Å². The second kappa shape index (κ2) is 3.05. The predicted octanol–water partition coefficient (Wildman–Crippen LogP) is 1.33. The number of hydrogen-bond donors (Lipinski definition) is 2. The first kappa shape index (κ1) is 8.90. The monoisotopic (exact) mass is 168 g/mol. The van der Waals surface area contributed by atoms with Crippen molar-refractivity contribution in [3.63, 3.8) is 0 Å². The molecule has 1 aromatic heterocycles. The molecule has 0 radical (unpaired) electrons. The number of rotatable bonds is 2. The molecular weight excluding hydrogens is 152 g/mol. The van der Waals surface area contributed by atoms with Gasteiger partial charge in [-0.2, -0.15) is 5.10 Å². The molecule has 0 fully saturated rings. The van der Waals surface area contributed by atoms with Crippen LogP contribution in [0.1, 0.15) is 32.0 Å². The van der Waals surface area contributed by atoms with Crippen LogP contribution in [-0.2, 0) is 0 Å². The molecule has 1 atom stereocenters. The number of nitrogens with two attached hydrogens (primary N) is 2. The normalized spacial score (nSPS) is 13.2. The summed E-state index contributed by atoms with van der Waals surface area (Å²) in [7, 11) is 0. The van der Waals surface area contributed by atoms with E-state index in [1.165, 1.54) is 0 Å². The summed E-state index contributed by atoms with van der Waals surface area (Å²) in [4.78, 5) is 0. The summed E-state index contributed by atoms with van der Waals surface area (Å²) in [5.74, 6) is 0.585. The quantitative estimate of drug-likeness (QED) is 0.699. The lowest BCUT2D eigenvalue weighted by Gasteiger charge is -2.10. The molecule has 1 aromatic rings. The van der Waals surface area contributed by atoms with Crippen LogP contribution in [0, 0.1) is 6.92 Å². The molecule has 0 aliphatic rings. The molecule has 4 N–H and O–H groups in total. The van der Waals surface area contributed by atoms with Crippen LogP contribution >= 0.6 is 0 Å². The lowest BCUT2D eigenvalue weighted by Crippen LogP contribution is -2.09. The molecule has 4 heteroatoms. The van der Waals surface area contributed by atoms with Crippen LogP contribution in [-0.4, -0.2) is 9.78 Å². The maximum atomic E-state index is 5.76.